The molecule has 0 fully saturated rings. The monoisotopic (exact) mass is 341 g/mol. The third-order valence-electron chi connectivity index (χ3n) is 4.37. The number of hydrogen-bond acceptors (Lipinski definition) is 3. The lowest BCUT2D eigenvalue weighted by Crippen LogP contribution is -2.38. The molecule has 0 aromatic heterocycles. The van der Waals surface area contributed by atoms with E-state index in [2.05, 4.69) is 18.3 Å². The van der Waals surface area contributed by atoms with Crippen LogP contribution in [-0.2, 0) is 4.79 Å². The van der Waals surface area contributed by atoms with Gasteiger partial charge in [0.25, 0.3) is 5.91 Å². The van der Waals surface area contributed by atoms with Crippen LogP contribution in [0.2, 0.25) is 0 Å². The summed E-state index contributed by atoms with van der Waals surface area (Å²) in [6.07, 6.45) is -0.553. The summed E-state index contributed by atoms with van der Waals surface area (Å²) in [5.74, 6) is 1.41. The normalized spacial score (nSPS) is 11.7. The number of nitrogens with one attached hydrogen (secondary N) is 1. The van der Waals surface area contributed by atoms with Gasteiger partial charge in [-0.15, -0.1) is 0 Å². The van der Waals surface area contributed by atoms with Crippen LogP contribution in [0.1, 0.15) is 29.2 Å². The van der Waals surface area contributed by atoms with Gasteiger partial charge in [-0.3, -0.25) is 4.79 Å². The summed E-state index contributed by atoms with van der Waals surface area (Å²) in [6.45, 7) is 10.8. The Balaban J connectivity index is 1.77. The molecule has 4 nitrogen and oxygen atoms in total. The Kier molecular flexibility index (Phi) is 6.45. The Morgan fingerprint density at radius 2 is 1.80 bits per heavy atom. The van der Waals surface area contributed by atoms with Crippen LogP contribution in [0.3, 0.4) is 0 Å². The molecule has 0 saturated carbocycles. The second-order valence-corrected chi connectivity index (χ2v) is 6.34. The molecular weight excluding hydrogens is 314 g/mol. The largest absolute Gasteiger partial charge is 0.491 e. The van der Waals surface area contributed by atoms with Crippen LogP contribution >= 0.6 is 0 Å². The zero-order chi connectivity index (χ0) is 18.4. The van der Waals surface area contributed by atoms with Crippen molar-refractivity contribution in [1.29, 1.82) is 0 Å². The Labute approximate surface area is 150 Å². The van der Waals surface area contributed by atoms with E-state index in [4.69, 9.17) is 9.47 Å². The average molecular weight is 341 g/mol. The van der Waals surface area contributed by atoms with Crippen LogP contribution in [0, 0.1) is 27.7 Å². The number of aryl methyl sites for hydroxylation is 3. The standard InChI is InChI=1S/C21H27NO3/c1-14-9-10-19(13-16(14)3)25-18(5)21(23)22-11-12-24-20-8-6-7-15(2)17(20)4/h6-10,13,18H,11-12H2,1-5H3,(H,22,23)/t18-/m1/s1. The van der Waals surface area contributed by atoms with Gasteiger partial charge in [-0.05, 0) is 75.1 Å². The highest BCUT2D eigenvalue weighted by molar-refractivity contribution is 5.80. The van der Waals surface area contributed by atoms with E-state index in [1.54, 1.807) is 6.92 Å². The number of benzene rings is 2. The van der Waals surface area contributed by atoms with Crippen molar-refractivity contribution in [3.63, 3.8) is 0 Å². The minimum atomic E-state index is -0.553. The van der Waals surface area contributed by atoms with Gasteiger partial charge in [0.15, 0.2) is 6.10 Å². The molecule has 0 heterocycles. The molecule has 0 unspecified atom stereocenters. The Morgan fingerprint density at radius 3 is 2.52 bits per heavy atom. The van der Waals surface area contributed by atoms with Crippen LogP contribution < -0.4 is 14.8 Å². The van der Waals surface area contributed by atoms with Crippen LogP contribution in [0.15, 0.2) is 36.4 Å². The minimum Gasteiger partial charge on any atom is -0.491 e. The number of rotatable bonds is 7. The first kappa shape index (κ1) is 18.8. The van der Waals surface area contributed by atoms with Crippen LogP contribution in [0.4, 0.5) is 0 Å². The fourth-order valence-electron chi connectivity index (χ4n) is 2.40. The molecule has 1 amide bonds. The highest BCUT2D eigenvalue weighted by atomic mass is 16.5. The molecule has 0 aliphatic carbocycles. The smallest absolute Gasteiger partial charge is 0.260 e. The molecule has 0 spiro atoms. The van der Waals surface area contributed by atoms with E-state index in [9.17, 15) is 4.79 Å². The highest BCUT2D eigenvalue weighted by Gasteiger charge is 2.14. The molecule has 0 saturated heterocycles. The van der Waals surface area contributed by atoms with Gasteiger partial charge >= 0.3 is 0 Å². The molecule has 1 N–H and O–H groups in total. The molecule has 2 aromatic carbocycles. The van der Waals surface area contributed by atoms with Crippen molar-refractivity contribution in [2.45, 2.75) is 40.7 Å². The van der Waals surface area contributed by atoms with E-state index in [1.165, 1.54) is 11.1 Å². The van der Waals surface area contributed by atoms with Crippen molar-refractivity contribution in [1.82, 2.24) is 5.32 Å². The summed E-state index contributed by atoms with van der Waals surface area (Å²) < 4.78 is 11.4. The molecular formula is C21H27NO3. The predicted molar refractivity (Wildman–Crippen MR) is 100 cm³/mol. The Morgan fingerprint density at radius 1 is 1.04 bits per heavy atom. The lowest BCUT2D eigenvalue weighted by molar-refractivity contribution is -0.127. The number of ether oxygens (including phenoxy) is 2. The van der Waals surface area contributed by atoms with E-state index in [-0.39, 0.29) is 5.91 Å². The first-order valence-corrected chi connectivity index (χ1v) is 8.59. The Bertz CT molecular complexity index is 740. The molecule has 134 valence electrons. The van der Waals surface area contributed by atoms with E-state index in [1.807, 2.05) is 51.1 Å². The van der Waals surface area contributed by atoms with Crippen molar-refractivity contribution in [3.8, 4) is 11.5 Å². The summed E-state index contributed by atoms with van der Waals surface area (Å²) in [7, 11) is 0. The minimum absolute atomic E-state index is 0.150. The SMILES string of the molecule is Cc1ccc(O[C@H](C)C(=O)NCCOc2cccc(C)c2C)cc1C. The third kappa shape index (κ3) is 5.24. The van der Waals surface area contributed by atoms with Gasteiger partial charge in [0.2, 0.25) is 0 Å². The maximum absolute atomic E-state index is 12.1. The molecule has 0 aliphatic rings. The first-order valence-electron chi connectivity index (χ1n) is 8.59. The number of hydrogen-bond donors (Lipinski definition) is 1. The summed E-state index contributed by atoms with van der Waals surface area (Å²) in [4.78, 5) is 12.1. The molecule has 25 heavy (non-hydrogen) atoms. The quantitative estimate of drug-likeness (QED) is 0.778. The number of carbonyl (C=O) groups is 1. The summed E-state index contributed by atoms with van der Waals surface area (Å²) in [5, 5.41) is 2.84. The van der Waals surface area contributed by atoms with E-state index < -0.39 is 6.10 Å². The zero-order valence-electron chi connectivity index (χ0n) is 15.7. The Hall–Kier alpha value is -2.49. The number of amides is 1. The summed E-state index contributed by atoms with van der Waals surface area (Å²) in [6, 6.07) is 11.8. The van der Waals surface area contributed by atoms with Crippen molar-refractivity contribution in [2.75, 3.05) is 13.2 Å². The highest BCUT2D eigenvalue weighted by Crippen LogP contribution is 2.20. The van der Waals surface area contributed by atoms with Gasteiger partial charge in [0.05, 0.1) is 6.54 Å². The molecule has 2 aromatic rings. The fourth-order valence-corrected chi connectivity index (χ4v) is 2.40. The predicted octanol–water partition coefficient (Wildman–Crippen LogP) is 3.88. The topological polar surface area (TPSA) is 47.6 Å². The van der Waals surface area contributed by atoms with Gasteiger partial charge in [-0.2, -0.15) is 0 Å². The maximum atomic E-state index is 12.1. The summed E-state index contributed by atoms with van der Waals surface area (Å²) in [5.41, 5.74) is 4.66. The van der Waals surface area contributed by atoms with Crippen molar-refractivity contribution in [3.05, 3.63) is 58.7 Å². The van der Waals surface area contributed by atoms with Crippen molar-refractivity contribution >= 4 is 5.91 Å². The molecule has 2 rings (SSSR count). The maximum Gasteiger partial charge on any atom is 0.260 e. The van der Waals surface area contributed by atoms with Crippen molar-refractivity contribution < 1.29 is 14.3 Å². The molecule has 0 radical (unpaired) electrons. The second kappa shape index (κ2) is 8.56. The third-order valence-corrected chi connectivity index (χ3v) is 4.37. The van der Waals surface area contributed by atoms with Gasteiger partial charge in [-0.25, -0.2) is 0 Å². The summed E-state index contributed by atoms with van der Waals surface area (Å²) >= 11 is 0. The zero-order valence-corrected chi connectivity index (χ0v) is 15.7. The average Bonchev–Trinajstić information content (AvgIpc) is 2.58. The van der Waals surface area contributed by atoms with Gasteiger partial charge < -0.3 is 14.8 Å². The molecule has 4 heteroatoms. The van der Waals surface area contributed by atoms with E-state index in [0.717, 1.165) is 16.9 Å². The van der Waals surface area contributed by atoms with Crippen LogP contribution in [0.25, 0.3) is 0 Å². The van der Waals surface area contributed by atoms with Crippen LogP contribution in [-0.4, -0.2) is 25.2 Å². The first-order chi connectivity index (χ1) is 11.9. The molecule has 0 aliphatic heterocycles. The second-order valence-electron chi connectivity index (χ2n) is 6.34. The van der Waals surface area contributed by atoms with Crippen LogP contribution in [0.5, 0.6) is 11.5 Å². The number of carbonyl (C=O) groups excluding carboxylic acids is 1. The van der Waals surface area contributed by atoms with Gasteiger partial charge in [0, 0.05) is 0 Å². The van der Waals surface area contributed by atoms with Gasteiger partial charge in [-0.1, -0.05) is 18.2 Å². The molecule has 0 bridgehead atoms. The van der Waals surface area contributed by atoms with E-state index >= 15 is 0 Å². The lowest BCUT2D eigenvalue weighted by Gasteiger charge is -2.16. The van der Waals surface area contributed by atoms with E-state index in [0.29, 0.717) is 18.9 Å². The fraction of sp³-hybridized carbons (Fsp3) is 0.381. The van der Waals surface area contributed by atoms with Gasteiger partial charge in [0.1, 0.15) is 18.1 Å². The molecule has 1 atom stereocenters. The van der Waals surface area contributed by atoms with Crippen molar-refractivity contribution in [2.24, 2.45) is 0 Å². The lowest BCUT2D eigenvalue weighted by atomic mass is 10.1.